The number of ketones is 1. The number of ether oxygens (including phenoxy) is 1. The van der Waals surface area contributed by atoms with Crippen LogP contribution in [0.4, 0.5) is 18.9 Å². The molecule has 0 aliphatic heterocycles. The number of halogens is 3. The van der Waals surface area contributed by atoms with Crippen molar-refractivity contribution in [2.24, 2.45) is 0 Å². The van der Waals surface area contributed by atoms with Crippen molar-refractivity contribution >= 4 is 17.4 Å². The van der Waals surface area contributed by atoms with E-state index in [4.69, 9.17) is 4.74 Å². The molecule has 6 nitrogen and oxygen atoms in total. The number of H-pyrrole nitrogens is 1. The molecule has 0 radical (unpaired) electrons. The van der Waals surface area contributed by atoms with E-state index in [0.717, 1.165) is 19.3 Å². The molecular formula is C21H23F3N2O4. The number of aromatic nitrogens is 1. The van der Waals surface area contributed by atoms with Crippen molar-refractivity contribution in [1.29, 1.82) is 0 Å². The summed E-state index contributed by atoms with van der Waals surface area (Å²) >= 11 is 0. The highest BCUT2D eigenvalue weighted by atomic mass is 19.4. The van der Waals surface area contributed by atoms with Crippen molar-refractivity contribution in [2.45, 2.75) is 45.2 Å². The molecule has 2 N–H and O–H groups in total. The zero-order chi connectivity index (χ0) is 22.1. The second-order valence-electron chi connectivity index (χ2n) is 6.68. The maximum Gasteiger partial charge on any atom is 0.417 e. The highest BCUT2D eigenvalue weighted by Crippen LogP contribution is 2.29. The van der Waals surface area contributed by atoms with Gasteiger partial charge >= 0.3 is 6.18 Å². The molecule has 0 saturated carbocycles. The van der Waals surface area contributed by atoms with E-state index in [0.29, 0.717) is 30.2 Å². The van der Waals surface area contributed by atoms with Crippen molar-refractivity contribution < 1.29 is 27.5 Å². The molecule has 0 fully saturated rings. The van der Waals surface area contributed by atoms with Gasteiger partial charge in [-0.25, -0.2) is 0 Å². The second-order valence-corrected chi connectivity index (χ2v) is 6.68. The van der Waals surface area contributed by atoms with E-state index in [2.05, 4.69) is 12.2 Å². The van der Waals surface area contributed by atoms with E-state index in [9.17, 15) is 27.6 Å². The molecule has 0 bridgehead atoms. The number of unbranched alkanes of at least 4 members (excludes halogenated alkanes) is 2. The molecule has 0 aliphatic carbocycles. The second kappa shape index (κ2) is 10.6. The Hall–Kier alpha value is -3.10. The predicted octanol–water partition coefficient (Wildman–Crippen LogP) is 4.56. The number of nitrogens with one attached hydrogen (secondary N) is 2. The van der Waals surface area contributed by atoms with Gasteiger partial charge in [0.2, 0.25) is 5.91 Å². The summed E-state index contributed by atoms with van der Waals surface area (Å²) in [6.07, 6.45) is -1.45. The number of anilines is 1. The van der Waals surface area contributed by atoms with E-state index in [1.807, 2.05) is 4.98 Å². The van der Waals surface area contributed by atoms with Gasteiger partial charge in [0, 0.05) is 24.6 Å². The third kappa shape index (κ3) is 7.06. The van der Waals surface area contributed by atoms with E-state index in [1.165, 1.54) is 0 Å². The number of rotatable bonds is 10. The van der Waals surface area contributed by atoms with Gasteiger partial charge < -0.3 is 15.0 Å². The number of amides is 1. The maximum absolute atomic E-state index is 12.7. The maximum atomic E-state index is 12.7. The molecule has 162 valence electrons. The Balaban J connectivity index is 1.87. The first-order valence-corrected chi connectivity index (χ1v) is 9.56. The van der Waals surface area contributed by atoms with Crippen LogP contribution in [0.25, 0.3) is 0 Å². The fourth-order valence-corrected chi connectivity index (χ4v) is 2.60. The third-order valence-corrected chi connectivity index (χ3v) is 4.28. The largest absolute Gasteiger partial charge is 0.494 e. The van der Waals surface area contributed by atoms with E-state index in [1.54, 1.807) is 24.3 Å². The van der Waals surface area contributed by atoms with Crippen LogP contribution in [0.15, 0.2) is 41.3 Å². The summed E-state index contributed by atoms with van der Waals surface area (Å²) in [6.45, 7) is 2.69. The van der Waals surface area contributed by atoms with Crippen molar-refractivity contribution in [3.05, 3.63) is 58.0 Å². The minimum Gasteiger partial charge on any atom is -0.494 e. The Morgan fingerprint density at radius 2 is 1.80 bits per heavy atom. The van der Waals surface area contributed by atoms with Gasteiger partial charge in [-0.1, -0.05) is 19.8 Å². The van der Waals surface area contributed by atoms with Crippen molar-refractivity contribution in [2.75, 3.05) is 11.9 Å². The molecule has 1 aromatic carbocycles. The molecule has 30 heavy (non-hydrogen) atoms. The first kappa shape index (κ1) is 23.2. The van der Waals surface area contributed by atoms with Gasteiger partial charge in [-0.3, -0.25) is 14.4 Å². The smallest absolute Gasteiger partial charge is 0.417 e. The monoisotopic (exact) mass is 424 g/mol. The van der Waals surface area contributed by atoms with Crippen LogP contribution >= 0.6 is 0 Å². The van der Waals surface area contributed by atoms with Gasteiger partial charge in [-0.05, 0) is 36.8 Å². The zero-order valence-electron chi connectivity index (χ0n) is 16.5. The van der Waals surface area contributed by atoms with Crippen molar-refractivity contribution in [1.82, 2.24) is 4.98 Å². The van der Waals surface area contributed by atoms with Crippen LogP contribution in [-0.4, -0.2) is 23.3 Å². The van der Waals surface area contributed by atoms with Gasteiger partial charge in [0.25, 0.3) is 5.56 Å². The molecule has 1 amide bonds. The number of carbonyl (C=O) groups excluding carboxylic acids is 2. The lowest BCUT2D eigenvalue weighted by Crippen LogP contribution is -2.21. The summed E-state index contributed by atoms with van der Waals surface area (Å²) in [5.74, 6) is -0.395. The van der Waals surface area contributed by atoms with Crippen molar-refractivity contribution in [3.63, 3.8) is 0 Å². The summed E-state index contributed by atoms with van der Waals surface area (Å²) < 4.78 is 43.7. The van der Waals surface area contributed by atoms with Crippen molar-refractivity contribution in [3.8, 4) is 5.75 Å². The Morgan fingerprint density at radius 1 is 1.10 bits per heavy atom. The number of hydrogen-bond acceptors (Lipinski definition) is 4. The lowest BCUT2D eigenvalue weighted by atomic mass is 10.1. The number of alkyl halides is 3. The summed E-state index contributed by atoms with van der Waals surface area (Å²) in [5.41, 5.74) is -2.09. The number of hydrogen-bond donors (Lipinski definition) is 2. The third-order valence-electron chi connectivity index (χ3n) is 4.28. The molecular weight excluding hydrogens is 401 g/mol. The van der Waals surface area contributed by atoms with Gasteiger partial charge in [0.1, 0.15) is 11.4 Å². The van der Waals surface area contributed by atoms with Gasteiger partial charge in [0.05, 0.1) is 12.2 Å². The first-order valence-electron chi connectivity index (χ1n) is 9.56. The molecule has 1 heterocycles. The fraction of sp³-hybridized carbons (Fsp3) is 0.381. The van der Waals surface area contributed by atoms with Crippen LogP contribution in [0.1, 0.15) is 54.9 Å². The van der Waals surface area contributed by atoms with Gasteiger partial charge in [-0.15, -0.1) is 0 Å². The molecule has 2 rings (SSSR count). The number of pyridine rings is 1. The first-order chi connectivity index (χ1) is 14.2. The molecule has 1 aromatic heterocycles. The van der Waals surface area contributed by atoms with Crippen LogP contribution in [0.3, 0.4) is 0 Å². The SMILES string of the molecule is CCCCCOc1ccc(C(=O)CCC(=O)Nc2cc(C(F)(F)F)c[nH]c2=O)cc1. The predicted molar refractivity (Wildman–Crippen MR) is 106 cm³/mol. The molecule has 0 saturated heterocycles. The topological polar surface area (TPSA) is 88.3 Å². The number of carbonyl (C=O) groups is 2. The Bertz CT molecular complexity index is 921. The Labute approximate surface area is 171 Å². The molecule has 0 aliphatic rings. The number of benzene rings is 1. The molecule has 0 unspecified atom stereocenters. The normalized spacial score (nSPS) is 11.2. The number of aromatic amines is 1. The highest BCUT2D eigenvalue weighted by Gasteiger charge is 2.31. The summed E-state index contributed by atoms with van der Waals surface area (Å²) in [6, 6.07) is 7.07. The lowest BCUT2D eigenvalue weighted by molar-refractivity contribution is -0.137. The molecule has 0 atom stereocenters. The van der Waals surface area contributed by atoms with Crippen LogP contribution in [-0.2, 0) is 11.0 Å². The number of Topliss-reactive ketones (excluding diaryl/α,β-unsaturated/α-hetero) is 1. The van der Waals surface area contributed by atoms with Crippen LogP contribution in [0.5, 0.6) is 5.75 Å². The van der Waals surface area contributed by atoms with Crippen LogP contribution in [0.2, 0.25) is 0 Å². The zero-order valence-corrected chi connectivity index (χ0v) is 16.5. The van der Waals surface area contributed by atoms with Crippen LogP contribution < -0.4 is 15.6 Å². The standard InChI is InChI=1S/C21H23F3N2O4/c1-2-3-4-11-30-16-7-5-14(6-8-16)18(27)9-10-19(28)26-17-12-15(21(22,23)24)13-25-20(17)29/h5-8,12-13H,2-4,9-11H2,1H3,(H,25,29)(H,26,28). The summed E-state index contributed by atoms with van der Waals surface area (Å²) in [5, 5.41) is 2.12. The minimum atomic E-state index is -4.66. The average molecular weight is 424 g/mol. The lowest BCUT2D eigenvalue weighted by Gasteiger charge is -2.09. The Morgan fingerprint density at radius 3 is 2.43 bits per heavy atom. The van der Waals surface area contributed by atoms with Gasteiger partial charge in [0.15, 0.2) is 5.78 Å². The van der Waals surface area contributed by atoms with E-state index < -0.39 is 28.9 Å². The fourth-order valence-electron chi connectivity index (χ4n) is 2.60. The van der Waals surface area contributed by atoms with E-state index >= 15 is 0 Å². The molecule has 9 heteroatoms. The van der Waals surface area contributed by atoms with E-state index in [-0.39, 0.29) is 18.6 Å². The molecule has 2 aromatic rings. The van der Waals surface area contributed by atoms with Crippen LogP contribution in [0, 0.1) is 0 Å². The average Bonchev–Trinajstić information content (AvgIpc) is 2.70. The summed E-state index contributed by atoms with van der Waals surface area (Å²) in [7, 11) is 0. The quantitative estimate of drug-likeness (QED) is 0.432. The summed E-state index contributed by atoms with van der Waals surface area (Å²) in [4.78, 5) is 37.7. The Kier molecular flexibility index (Phi) is 8.20. The molecule has 0 spiro atoms. The minimum absolute atomic E-state index is 0.153. The highest BCUT2D eigenvalue weighted by molar-refractivity contribution is 6.00. The van der Waals surface area contributed by atoms with Gasteiger partial charge in [-0.2, -0.15) is 13.2 Å².